The Morgan fingerprint density at radius 3 is 2.05 bits per heavy atom. The van der Waals surface area contributed by atoms with Crippen LogP contribution in [0.4, 0.5) is 26.3 Å². The maximum Gasteiger partial charge on any atom is 0.404 e. The largest absolute Gasteiger partial charge is 0.457 e. The molecule has 1 aliphatic carbocycles. The zero-order valence-corrected chi connectivity index (χ0v) is 9.59. The molecule has 112 valence electrons. The number of aliphatic hydroxyl groups is 1. The average molecular weight is 294 g/mol. The predicted molar refractivity (Wildman–Crippen MR) is 50.0 cm³/mol. The van der Waals surface area contributed by atoms with Crippen molar-refractivity contribution in [3.63, 3.8) is 0 Å². The molecule has 1 aliphatic rings. The molecule has 0 amide bonds. The highest BCUT2D eigenvalue weighted by Crippen LogP contribution is 2.52. The van der Waals surface area contributed by atoms with Crippen molar-refractivity contribution in [2.45, 2.75) is 49.7 Å². The first kappa shape index (κ1) is 16.1. The lowest BCUT2D eigenvalue weighted by molar-refractivity contribution is -0.343. The summed E-state index contributed by atoms with van der Waals surface area (Å²) in [5.41, 5.74) is -2.99. The van der Waals surface area contributed by atoms with E-state index < -0.39 is 42.9 Å². The lowest BCUT2D eigenvalue weighted by Crippen LogP contribution is -2.62. The third-order valence-corrected chi connectivity index (χ3v) is 3.27. The van der Waals surface area contributed by atoms with Crippen molar-refractivity contribution in [3.8, 4) is 0 Å². The summed E-state index contributed by atoms with van der Waals surface area (Å²) in [6, 6.07) is 0. The molecule has 2 unspecified atom stereocenters. The van der Waals surface area contributed by atoms with E-state index in [1.807, 2.05) is 0 Å². The molecule has 2 atom stereocenters. The third-order valence-electron chi connectivity index (χ3n) is 3.27. The Morgan fingerprint density at radius 2 is 1.68 bits per heavy atom. The molecule has 0 aliphatic heterocycles. The van der Waals surface area contributed by atoms with Crippen molar-refractivity contribution < 1.29 is 41.0 Å². The normalized spacial score (nSPS) is 29.4. The summed E-state index contributed by atoms with van der Waals surface area (Å²) < 4.78 is 80.4. The van der Waals surface area contributed by atoms with Crippen LogP contribution in [0.1, 0.15) is 25.7 Å². The van der Waals surface area contributed by atoms with Crippen LogP contribution in [0.3, 0.4) is 0 Å². The van der Waals surface area contributed by atoms with Crippen LogP contribution in [0.5, 0.6) is 0 Å². The van der Waals surface area contributed by atoms with E-state index in [-0.39, 0.29) is 19.3 Å². The van der Waals surface area contributed by atoms with E-state index in [1.165, 1.54) is 0 Å². The number of hydrogen-bond acceptors (Lipinski definition) is 3. The Morgan fingerprint density at radius 1 is 1.16 bits per heavy atom. The zero-order chi connectivity index (χ0) is 14.9. The second kappa shape index (κ2) is 5.18. The first-order valence-corrected chi connectivity index (χ1v) is 5.48. The smallest absolute Gasteiger partial charge is 0.404 e. The third kappa shape index (κ3) is 3.13. The molecule has 0 aromatic carbocycles. The summed E-state index contributed by atoms with van der Waals surface area (Å²) in [5.74, 6) is -3.90. The molecule has 1 fully saturated rings. The maximum absolute atomic E-state index is 12.7. The van der Waals surface area contributed by atoms with Crippen molar-refractivity contribution in [1.29, 1.82) is 0 Å². The fourth-order valence-electron chi connectivity index (χ4n) is 2.52. The lowest BCUT2D eigenvalue weighted by atomic mass is 9.72. The predicted octanol–water partition coefficient (Wildman–Crippen LogP) is 2.57. The Kier molecular flexibility index (Phi) is 4.38. The minimum Gasteiger partial charge on any atom is -0.457 e. The van der Waals surface area contributed by atoms with Gasteiger partial charge in [0.1, 0.15) is 0 Å². The first-order valence-electron chi connectivity index (χ1n) is 5.48. The molecular weight excluding hydrogens is 282 g/mol. The Bertz CT molecular complexity index is 312. The molecule has 0 aromatic rings. The van der Waals surface area contributed by atoms with Crippen LogP contribution in [0.15, 0.2) is 0 Å². The topological polar surface area (TPSA) is 46.5 Å². The van der Waals surface area contributed by atoms with E-state index in [0.717, 1.165) is 0 Å². The van der Waals surface area contributed by atoms with Gasteiger partial charge in [-0.2, -0.15) is 26.3 Å². The van der Waals surface area contributed by atoms with Crippen LogP contribution in [0.25, 0.3) is 0 Å². The Balaban J connectivity index is 3.30. The number of halogens is 6. The van der Waals surface area contributed by atoms with Crippen LogP contribution in [-0.4, -0.2) is 35.6 Å². The van der Waals surface area contributed by atoms with E-state index in [9.17, 15) is 36.2 Å². The number of carbonyl (C=O) groups excluding carboxylic acids is 1. The van der Waals surface area contributed by atoms with Crippen molar-refractivity contribution >= 4 is 6.47 Å². The number of ether oxygens (including phenoxy) is 1. The second-order valence-corrected chi connectivity index (χ2v) is 4.45. The highest BCUT2D eigenvalue weighted by Gasteiger charge is 2.70. The van der Waals surface area contributed by atoms with Gasteiger partial charge in [0.15, 0.2) is 11.5 Å². The van der Waals surface area contributed by atoms with Crippen LogP contribution < -0.4 is 0 Å². The molecule has 3 nitrogen and oxygen atoms in total. The zero-order valence-electron chi connectivity index (χ0n) is 9.59. The Hall–Kier alpha value is -0.990. The molecule has 9 heteroatoms. The lowest BCUT2D eigenvalue weighted by Gasteiger charge is -2.45. The van der Waals surface area contributed by atoms with Crippen LogP contribution in [0, 0.1) is 5.92 Å². The minimum atomic E-state index is -5.67. The average Bonchev–Trinajstić information content (AvgIpc) is 2.18. The molecule has 19 heavy (non-hydrogen) atoms. The fourth-order valence-corrected chi connectivity index (χ4v) is 2.52. The van der Waals surface area contributed by atoms with E-state index in [4.69, 9.17) is 0 Å². The van der Waals surface area contributed by atoms with Crippen LogP contribution in [-0.2, 0) is 9.53 Å². The van der Waals surface area contributed by atoms with Gasteiger partial charge in [-0.3, -0.25) is 4.79 Å². The molecule has 0 radical (unpaired) electrons. The molecule has 1 rings (SSSR count). The van der Waals surface area contributed by atoms with Gasteiger partial charge in [-0.15, -0.1) is 0 Å². The van der Waals surface area contributed by atoms with E-state index in [2.05, 4.69) is 4.74 Å². The van der Waals surface area contributed by atoms with Gasteiger partial charge in [0.25, 0.3) is 6.47 Å². The number of alkyl halides is 6. The van der Waals surface area contributed by atoms with E-state index in [0.29, 0.717) is 0 Å². The summed E-state index contributed by atoms with van der Waals surface area (Å²) in [6.45, 7) is -0.473. The van der Waals surface area contributed by atoms with Gasteiger partial charge in [-0.1, -0.05) is 6.42 Å². The van der Waals surface area contributed by atoms with Crippen molar-refractivity contribution in [1.82, 2.24) is 0 Å². The first-order chi connectivity index (χ1) is 8.55. The minimum absolute atomic E-state index is 0.00750. The Labute approximate surface area is 104 Å². The standard InChI is InChI=1S/C10H12F6O3/c11-9(12,13)7(10(14,15)16)8(19-5-17)4-2-1-3-6(8)18/h5-7,18H,1-4H2. The van der Waals surface area contributed by atoms with Gasteiger partial charge >= 0.3 is 12.4 Å². The SMILES string of the molecule is O=COC1(C(C(F)(F)F)C(F)(F)F)CCCCC1O. The molecule has 0 saturated heterocycles. The monoisotopic (exact) mass is 294 g/mol. The molecule has 0 spiro atoms. The molecule has 1 saturated carbocycles. The van der Waals surface area contributed by atoms with Gasteiger partial charge < -0.3 is 9.84 Å². The van der Waals surface area contributed by atoms with Gasteiger partial charge in [0.05, 0.1) is 6.10 Å². The molecule has 0 bridgehead atoms. The van der Waals surface area contributed by atoms with Crippen LogP contribution >= 0.6 is 0 Å². The second-order valence-electron chi connectivity index (χ2n) is 4.45. The quantitative estimate of drug-likeness (QED) is 0.643. The number of hydrogen-bond donors (Lipinski definition) is 1. The summed E-state index contributed by atoms with van der Waals surface area (Å²) in [7, 11) is 0. The number of rotatable bonds is 3. The van der Waals surface area contributed by atoms with Crippen LogP contribution in [0.2, 0.25) is 0 Å². The molecular formula is C10H12F6O3. The van der Waals surface area contributed by atoms with E-state index in [1.54, 1.807) is 0 Å². The summed E-state index contributed by atoms with van der Waals surface area (Å²) in [5, 5.41) is 9.56. The van der Waals surface area contributed by atoms with Gasteiger partial charge in [0.2, 0.25) is 0 Å². The van der Waals surface area contributed by atoms with Crippen molar-refractivity contribution in [2.75, 3.05) is 0 Å². The maximum atomic E-state index is 12.7. The fraction of sp³-hybridized carbons (Fsp3) is 0.900. The van der Waals surface area contributed by atoms with Gasteiger partial charge in [-0.05, 0) is 19.3 Å². The van der Waals surface area contributed by atoms with E-state index >= 15 is 0 Å². The highest BCUT2D eigenvalue weighted by molar-refractivity contribution is 5.39. The van der Waals surface area contributed by atoms with Crippen molar-refractivity contribution in [3.05, 3.63) is 0 Å². The van der Waals surface area contributed by atoms with Crippen molar-refractivity contribution in [2.24, 2.45) is 5.92 Å². The van der Waals surface area contributed by atoms with Gasteiger partial charge in [0, 0.05) is 0 Å². The summed E-state index contributed by atoms with van der Waals surface area (Å²) >= 11 is 0. The number of aliphatic hydroxyl groups excluding tert-OH is 1. The molecule has 0 aromatic heterocycles. The van der Waals surface area contributed by atoms with Gasteiger partial charge in [-0.25, -0.2) is 0 Å². The molecule has 1 N–H and O–H groups in total. The molecule has 0 heterocycles. The summed E-state index contributed by atoms with van der Waals surface area (Å²) in [6.07, 6.45) is -14.0. The number of carbonyl (C=O) groups is 1. The highest BCUT2D eigenvalue weighted by atomic mass is 19.4. The summed E-state index contributed by atoms with van der Waals surface area (Å²) in [4.78, 5) is 10.3.